The normalized spacial score (nSPS) is 9.65. The highest BCUT2D eigenvalue weighted by Gasteiger charge is 2.07. The topological polar surface area (TPSA) is 59.0 Å². The molecule has 0 aliphatic carbocycles. The summed E-state index contributed by atoms with van der Waals surface area (Å²) in [4.78, 5) is 0. The molecule has 3 nitrogen and oxygen atoms in total. The number of nitrogen functional groups attached to an aromatic ring is 1. The fourth-order valence-corrected chi connectivity index (χ4v) is 1.37. The fourth-order valence-electron chi connectivity index (χ4n) is 1.37. The van der Waals surface area contributed by atoms with Gasteiger partial charge in [0.25, 0.3) is 0 Å². The number of halogens is 1. The third kappa shape index (κ3) is 2.34. The molecule has 0 heterocycles. The molecule has 2 rings (SSSR count). The third-order valence-corrected chi connectivity index (χ3v) is 2.20. The number of ether oxygens (including phenoxy) is 1. The molecule has 0 aliphatic heterocycles. The minimum absolute atomic E-state index is 0.133. The first-order valence-electron chi connectivity index (χ1n) is 4.92. The molecule has 0 amide bonds. The Bertz CT molecular complexity index is 590. The van der Waals surface area contributed by atoms with Crippen molar-refractivity contribution in [3.63, 3.8) is 0 Å². The Balaban J connectivity index is 2.37. The van der Waals surface area contributed by atoms with Gasteiger partial charge in [-0.1, -0.05) is 12.1 Å². The first-order valence-corrected chi connectivity index (χ1v) is 4.92. The molecule has 0 fully saturated rings. The van der Waals surface area contributed by atoms with Crippen molar-refractivity contribution < 1.29 is 9.13 Å². The van der Waals surface area contributed by atoms with Gasteiger partial charge in [0.2, 0.25) is 0 Å². The van der Waals surface area contributed by atoms with E-state index in [1.54, 1.807) is 24.3 Å². The predicted octanol–water partition coefficient (Wildman–Crippen LogP) is 3.07. The number of hydrogen-bond acceptors (Lipinski definition) is 3. The second kappa shape index (κ2) is 4.54. The van der Waals surface area contributed by atoms with Crippen LogP contribution in [0.5, 0.6) is 11.5 Å². The van der Waals surface area contributed by atoms with Crippen LogP contribution in [0.4, 0.5) is 10.1 Å². The molecule has 0 saturated heterocycles. The summed E-state index contributed by atoms with van der Waals surface area (Å²) in [7, 11) is 0. The van der Waals surface area contributed by atoms with Gasteiger partial charge in [0.1, 0.15) is 23.4 Å². The molecule has 2 N–H and O–H groups in total. The highest BCUT2D eigenvalue weighted by Crippen LogP contribution is 2.29. The molecular formula is C13H9FN2O. The van der Waals surface area contributed by atoms with Gasteiger partial charge in [0.15, 0.2) is 0 Å². The van der Waals surface area contributed by atoms with Crippen LogP contribution in [0.25, 0.3) is 0 Å². The molecule has 0 saturated carbocycles. The zero-order valence-corrected chi connectivity index (χ0v) is 8.85. The Hall–Kier alpha value is -2.54. The molecular weight excluding hydrogens is 219 g/mol. The van der Waals surface area contributed by atoms with E-state index in [9.17, 15) is 4.39 Å². The lowest BCUT2D eigenvalue weighted by Gasteiger charge is -2.09. The molecule has 0 radical (unpaired) electrons. The minimum Gasteiger partial charge on any atom is -0.454 e. The van der Waals surface area contributed by atoms with Crippen LogP contribution >= 0.6 is 0 Å². The van der Waals surface area contributed by atoms with E-state index in [1.807, 2.05) is 6.07 Å². The van der Waals surface area contributed by atoms with Gasteiger partial charge in [-0.2, -0.15) is 5.26 Å². The number of benzene rings is 2. The molecule has 84 valence electrons. The summed E-state index contributed by atoms with van der Waals surface area (Å²) in [6, 6.07) is 12.5. The van der Waals surface area contributed by atoms with Crippen LogP contribution in [-0.4, -0.2) is 0 Å². The van der Waals surface area contributed by atoms with E-state index in [2.05, 4.69) is 0 Å². The van der Waals surface area contributed by atoms with Crippen molar-refractivity contribution in [1.29, 1.82) is 5.26 Å². The van der Waals surface area contributed by atoms with Crippen LogP contribution in [0, 0.1) is 17.1 Å². The summed E-state index contributed by atoms with van der Waals surface area (Å²) in [5.41, 5.74) is 6.30. The number of rotatable bonds is 2. The van der Waals surface area contributed by atoms with Crippen LogP contribution in [0.1, 0.15) is 5.56 Å². The Kier molecular flexibility index (Phi) is 2.93. The number of nitrogens with two attached hydrogens (primary N) is 1. The standard InChI is InChI=1S/C13H9FN2O/c14-10-5-6-12(9(7-10)8-15)17-13-4-2-1-3-11(13)16/h1-7H,16H2. The van der Waals surface area contributed by atoms with Gasteiger partial charge >= 0.3 is 0 Å². The SMILES string of the molecule is N#Cc1cc(F)ccc1Oc1ccccc1N. The molecule has 0 aliphatic rings. The molecule has 0 bridgehead atoms. The zero-order valence-electron chi connectivity index (χ0n) is 8.85. The van der Waals surface area contributed by atoms with Gasteiger partial charge in [-0.05, 0) is 30.3 Å². The zero-order chi connectivity index (χ0) is 12.3. The number of hydrogen-bond donors (Lipinski definition) is 1. The first-order chi connectivity index (χ1) is 8.20. The molecule has 2 aromatic carbocycles. The number of nitriles is 1. The largest absolute Gasteiger partial charge is 0.454 e. The van der Waals surface area contributed by atoms with E-state index < -0.39 is 5.82 Å². The maximum absolute atomic E-state index is 12.9. The van der Waals surface area contributed by atoms with Crippen molar-refractivity contribution in [2.75, 3.05) is 5.73 Å². The van der Waals surface area contributed by atoms with Crippen molar-refractivity contribution in [1.82, 2.24) is 0 Å². The maximum Gasteiger partial charge on any atom is 0.150 e. The summed E-state index contributed by atoms with van der Waals surface area (Å²) in [5, 5.41) is 8.86. The van der Waals surface area contributed by atoms with Crippen LogP contribution in [0.15, 0.2) is 42.5 Å². The van der Waals surface area contributed by atoms with Crippen molar-refractivity contribution in [3.8, 4) is 17.6 Å². The number of nitrogens with zero attached hydrogens (tertiary/aromatic N) is 1. The molecule has 0 spiro atoms. The summed E-state index contributed by atoms with van der Waals surface area (Å²) in [6.07, 6.45) is 0. The van der Waals surface area contributed by atoms with Gasteiger partial charge in [-0.3, -0.25) is 0 Å². The molecule has 0 atom stereocenters. The van der Waals surface area contributed by atoms with Crippen molar-refractivity contribution >= 4 is 5.69 Å². The van der Waals surface area contributed by atoms with E-state index in [0.29, 0.717) is 11.4 Å². The second-order valence-electron chi connectivity index (χ2n) is 3.39. The predicted molar refractivity (Wildman–Crippen MR) is 62.0 cm³/mol. The number of para-hydroxylation sites is 2. The summed E-state index contributed by atoms with van der Waals surface area (Å²) >= 11 is 0. The van der Waals surface area contributed by atoms with E-state index in [1.165, 1.54) is 12.1 Å². The van der Waals surface area contributed by atoms with E-state index in [4.69, 9.17) is 15.7 Å². The van der Waals surface area contributed by atoms with Crippen LogP contribution in [0.3, 0.4) is 0 Å². The fraction of sp³-hybridized carbons (Fsp3) is 0. The molecule has 2 aromatic rings. The molecule has 0 aromatic heterocycles. The lowest BCUT2D eigenvalue weighted by atomic mass is 10.2. The number of anilines is 1. The molecule has 17 heavy (non-hydrogen) atoms. The van der Waals surface area contributed by atoms with Gasteiger partial charge in [-0.25, -0.2) is 4.39 Å². The molecule has 0 unspecified atom stereocenters. The Morgan fingerprint density at radius 2 is 1.88 bits per heavy atom. The summed E-state index contributed by atoms with van der Waals surface area (Å²) in [6.45, 7) is 0. The minimum atomic E-state index is -0.477. The molecule has 4 heteroatoms. The monoisotopic (exact) mass is 228 g/mol. The van der Waals surface area contributed by atoms with E-state index >= 15 is 0 Å². The van der Waals surface area contributed by atoms with Gasteiger partial charge in [0, 0.05) is 0 Å². The highest BCUT2D eigenvalue weighted by atomic mass is 19.1. The first kappa shape index (κ1) is 11.0. The van der Waals surface area contributed by atoms with Gasteiger partial charge in [0.05, 0.1) is 11.3 Å². The van der Waals surface area contributed by atoms with E-state index in [0.717, 1.165) is 6.07 Å². The Morgan fingerprint density at radius 3 is 2.59 bits per heavy atom. The maximum atomic E-state index is 12.9. The van der Waals surface area contributed by atoms with E-state index in [-0.39, 0.29) is 11.3 Å². The lowest BCUT2D eigenvalue weighted by Crippen LogP contribution is -1.93. The van der Waals surface area contributed by atoms with Crippen molar-refractivity contribution in [2.24, 2.45) is 0 Å². The summed E-state index contributed by atoms with van der Waals surface area (Å²) in [5.74, 6) is 0.248. The van der Waals surface area contributed by atoms with Crippen molar-refractivity contribution in [3.05, 3.63) is 53.8 Å². The Morgan fingerprint density at radius 1 is 1.12 bits per heavy atom. The quantitative estimate of drug-likeness (QED) is 0.803. The van der Waals surface area contributed by atoms with Crippen LogP contribution in [0.2, 0.25) is 0 Å². The third-order valence-electron chi connectivity index (χ3n) is 2.20. The average molecular weight is 228 g/mol. The summed E-state index contributed by atoms with van der Waals surface area (Å²) < 4.78 is 18.4. The lowest BCUT2D eigenvalue weighted by molar-refractivity contribution is 0.481. The van der Waals surface area contributed by atoms with Crippen LogP contribution < -0.4 is 10.5 Å². The van der Waals surface area contributed by atoms with Gasteiger partial charge in [-0.15, -0.1) is 0 Å². The highest BCUT2D eigenvalue weighted by molar-refractivity contribution is 5.55. The van der Waals surface area contributed by atoms with Crippen molar-refractivity contribution in [2.45, 2.75) is 0 Å². The second-order valence-corrected chi connectivity index (χ2v) is 3.39. The smallest absolute Gasteiger partial charge is 0.150 e. The average Bonchev–Trinajstić information content (AvgIpc) is 2.34. The van der Waals surface area contributed by atoms with Crippen LogP contribution in [-0.2, 0) is 0 Å². The Labute approximate surface area is 97.9 Å². The van der Waals surface area contributed by atoms with Gasteiger partial charge < -0.3 is 10.5 Å².